The van der Waals surface area contributed by atoms with Gasteiger partial charge in [-0.3, -0.25) is 0 Å². The van der Waals surface area contributed by atoms with Crippen LogP contribution in [0.3, 0.4) is 0 Å². The Hall–Kier alpha value is -3.54. The Labute approximate surface area is 181 Å². The Bertz CT molecular complexity index is 1350. The van der Waals surface area contributed by atoms with E-state index in [4.69, 9.17) is 4.42 Å². The Kier molecular flexibility index (Phi) is 4.81. The minimum Gasteiger partial charge on any atom is -0.507 e. The van der Waals surface area contributed by atoms with Crippen molar-refractivity contribution in [2.45, 2.75) is 30.9 Å². The summed E-state index contributed by atoms with van der Waals surface area (Å²) in [6.07, 6.45) is -3.28. The maximum absolute atomic E-state index is 13.0. The molecule has 1 heterocycles. The lowest BCUT2D eigenvalue weighted by Gasteiger charge is -2.32. The standard InChI is InChI=1S/C26H19F3O3/c27-26(28,29)18-11-9-15(10-12-18)17-13-16-5-1-2-6-19(16)21(14-17)23-24(30)20-7-3-4-8-22(20)32-25(23)31/h1-12,17,21,30H,13-14H2. The summed E-state index contributed by atoms with van der Waals surface area (Å²) in [5, 5.41) is 11.5. The molecule has 3 nitrogen and oxygen atoms in total. The third-order valence-corrected chi connectivity index (χ3v) is 6.29. The second-order valence-corrected chi connectivity index (χ2v) is 8.16. The highest BCUT2D eigenvalue weighted by Gasteiger charge is 2.34. The van der Waals surface area contributed by atoms with Crippen LogP contribution in [0.4, 0.5) is 13.2 Å². The first kappa shape index (κ1) is 20.4. The molecule has 1 aliphatic carbocycles. The Morgan fingerprint density at radius 3 is 2.34 bits per heavy atom. The van der Waals surface area contributed by atoms with Crippen molar-refractivity contribution in [1.29, 1.82) is 0 Å². The second-order valence-electron chi connectivity index (χ2n) is 8.16. The smallest absolute Gasteiger partial charge is 0.416 e. The number of hydrogen-bond acceptors (Lipinski definition) is 3. The van der Waals surface area contributed by atoms with Crippen LogP contribution in [0.25, 0.3) is 11.0 Å². The number of alkyl halides is 3. The summed E-state index contributed by atoms with van der Waals surface area (Å²) in [5.74, 6) is -0.653. The molecule has 2 unspecified atom stereocenters. The first-order chi connectivity index (χ1) is 15.3. The molecule has 5 rings (SSSR count). The highest BCUT2D eigenvalue weighted by molar-refractivity contribution is 5.84. The van der Waals surface area contributed by atoms with Gasteiger partial charge in [0.05, 0.1) is 16.5 Å². The van der Waals surface area contributed by atoms with Gasteiger partial charge in [0, 0.05) is 5.92 Å². The van der Waals surface area contributed by atoms with E-state index in [1.54, 1.807) is 24.3 Å². The number of halogens is 3. The largest absolute Gasteiger partial charge is 0.507 e. The van der Waals surface area contributed by atoms with E-state index in [9.17, 15) is 23.1 Å². The molecule has 1 aromatic heterocycles. The molecular formula is C26H19F3O3. The van der Waals surface area contributed by atoms with E-state index < -0.39 is 23.3 Å². The van der Waals surface area contributed by atoms with Crippen LogP contribution in [-0.2, 0) is 12.6 Å². The van der Waals surface area contributed by atoms with E-state index in [1.807, 2.05) is 24.3 Å². The zero-order valence-electron chi connectivity index (χ0n) is 16.9. The van der Waals surface area contributed by atoms with Gasteiger partial charge in [-0.1, -0.05) is 48.5 Å². The van der Waals surface area contributed by atoms with E-state index in [-0.39, 0.29) is 17.2 Å². The summed E-state index contributed by atoms with van der Waals surface area (Å²) in [4.78, 5) is 12.9. The Morgan fingerprint density at radius 2 is 1.59 bits per heavy atom. The number of benzene rings is 3. The van der Waals surface area contributed by atoms with Crippen molar-refractivity contribution in [3.8, 4) is 5.75 Å². The molecule has 1 aliphatic rings. The summed E-state index contributed by atoms with van der Waals surface area (Å²) in [6.45, 7) is 0. The van der Waals surface area contributed by atoms with Crippen molar-refractivity contribution in [1.82, 2.24) is 0 Å². The van der Waals surface area contributed by atoms with Gasteiger partial charge in [0.15, 0.2) is 0 Å². The van der Waals surface area contributed by atoms with Gasteiger partial charge in [-0.25, -0.2) is 4.79 Å². The van der Waals surface area contributed by atoms with Gasteiger partial charge in [0.25, 0.3) is 0 Å². The van der Waals surface area contributed by atoms with Crippen LogP contribution in [0.2, 0.25) is 0 Å². The van der Waals surface area contributed by atoms with Gasteiger partial charge in [-0.2, -0.15) is 13.2 Å². The lowest BCUT2D eigenvalue weighted by molar-refractivity contribution is -0.137. The molecule has 0 saturated carbocycles. The van der Waals surface area contributed by atoms with Crippen LogP contribution in [0.5, 0.6) is 5.75 Å². The molecule has 0 amide bonds. The zero-order valence-corrected chi connectivity index (χ0v) is 16.9. The fraction of sp³-hybridized carbons (Fsp3) is 0.192. The van der Waals surface area contributed by atoms with Gasteiger partial charge in [-0.05, 0) is 59.7 Å². The molecule has 0 spiro atoms. The van der Waals surface area contributed by atoms with E-state index in [0.717, 1.165) is 28.8 Å². The minimum atomic E-state index is -4.39. The van der Waals surface area contributed by atoms with E-state index >= 15 is 0 Å². The number of para-hydroxylation sites is 1. The minimum absolute atomic E-state index is 0.107. The van der Waals surface area contributed by atoms with Crippen molar-refractivity contribution < 1.29 is 22.7 Å². The molecule has 3 aromatic carbocycles. The molecule has 4 aromatic rings. The van der Waals surface area contributed by atoms with Crippen LogP contribution >= 0.6 is 0 Å². The zero-order chi connectivity index (χ0) is 22.5. The van der Waals surface area contributed by atoms with E-state index in [0.29, 0.717) is 23.8 Å². The third-order valence-electron chi connectivity index (χ3n) is 6.29. The lowest BCUT2D eigenvalue weighted by atomic mass is 9.72. The SMILES string of the molecule is O=c1oc2ccccc2c(O)c1C1CC(c2ccc(C(F)(F)F)cc2)Cc2ccccc21. The predicted octanol–water partition coefficient (Wildman–Crippen LogP) is 6.38. The first-order valence-corrected chi connectivity index (χ1v) is 10.3. The van der Waals surface area contributed by atoms with Crippen molar-refractivity contribution in [3.63, 3.8) is 0 Å². The maximum atomic E-state index is 13.0. The molecule has 1 N–H and O–H groups in total. The topological polar surface area (TPSA) is 50.4 Å². The molecule has 0 aliphatic heterocycles. The molecule has 0 saturated heterocycles. The quantitative estimate of drug-likeness (QED) is 0.371. The fourth-order valence-electron chi connectivity index (χ4n) is 4.75. The number of hydrogen-bond donors (Lipinski definition) is 1. The molecule has 2 atom stereocenters. The first-order valence-electron chi connectivity index (χ1n) is 10.3. The maximum Gasteiger partial charge on any atom is 0.416 e. The average molecular weight is 436 g/mol. The monoisotopic (exact) mass is 436 g/mol. The summed E-state index contributed by atoms with van der Waals surface area (Å²) in [6, 6.07) is 19.6. The van der Waals surface area contributed by atoms with E-state index in [1.165, 1.54) is 12.1 Å². The van der Waals surface area contributed by atoms with Crippen LogP contribution in [0, 0.1) is 0 Å². The Morgan fingerprint density at radius 1 is 0.906 bits per heavy atom. The van der Waals surface area contributed by atoms with Crippen LogP contribution in [0.15, 0.2) is 82.0 Å². The lowest BCUT2D eigenvalue weighted by Crippen LogP contribution is -2.23. The predicted molar refractivity (Wildman–Crippen MR) is 115 cm³/mol. The van der Waals surface area contributed by atoms with Crippen LogP contribution in [-0.4, -0.2) is 5.11 Å². The third kappa shape index (κ3) is 3.45. The van der Waals surface area contributed by atoms with Gasteiger partial charge in [-0.15, -0.1) is 0 Å². The molecule has 0 fully saturated rings. The fourth-order valence-corrected chi connectivity index (χ4v) is 4.75. The van der Waals surface area contributed by atoms with Gasteiger partial charge >= 0.3 is 11.8 Å². The molecular weight excluding hydrogens is 417 g/mol. The van der Waals surface area contributed by atoms with Crippen molar-refractivity contribution in [2.24, 2.45) is 0 Å². The van der Waals surface area contributed by atoms with Crippen molar-refractivity contribution in [3.05, 3.63) is 111 Å². The molecule has 32 heavy (non-hydrogen) atoms. The Balaban J connectivity index is 1.62. The highest BCUT2D eigenvalue weighted by atomic mass is 19.4. The van der Waals surface area contributed by atoms with Gasteiger partial charge in [0.2, 0.25) is 0 Å². The molecule has 6 heteroatoms. The number of rotatable bonds is 2. The highest BCUT2D eigenvalue weighted by Crippen LogP contribution is 2.46. The molecule has 162 valence electrons. The number of fused-ring (bicyclic) bond motifs is 2. The molecule has 0 bridgehead atoms. The average Bonchev–Trinajstić information content (AvgIpc) is 2.78. The van der Waals surface area contributed by atoms with Crippen LogP contribution < -0.4 is 5.63 Å². The van der Waals surface area contributed by atoms with Crippen LogP contribution in [0.1, 0.15) is 46.1 Å². The van der Waals surface area contributed by atoms with Crippen molar-refractivity contribution >= 4 is 11.0 Å². The number of aromatic hydroxyl groups is 1. The summed E-state index contributed by atoms with van der Waals surface area (Å²) < 4.78 is 44.5. The van der Waals surface area contributed by atoms with Gasteiger partial charge < -0.3 is 9.52 Å². The normalized spacial score (nSPS) is 18.5. The van der Waals surface area contributed by atoms with Crippen molar-refractivity contribution in [2.75, 3.05) is 0 Å². The summed E-state index contributed by atoms with van der Waals surface area (Å²) in [7, 11) is 0. The summed E-state index contributed by atoms with van der Waals surface area (Å²) >= 11 is 0. The van der Waals surface area contributed by atoms with E-state index in [2.05, 4.69) is 0 Å². The second kappa shape index (κ2) is 7.55. The molecule has 0 radical (unpaired) electrons. The summed E-state index contributed by atoms with van der Waals surface area (Å²) in [5.41, 5.74) is 1.89. The van der Waals surface area contributed by atoms with Gasteiger partial charge in [0.1, 0.15) is 11.3 Å².